The van der Waals surface area contributed by atoms with Crippen molar-refractivity contribution in [2.75, 3.05) is 7.11 Å². The van der Waals surface area contributed by atoms with E-state index in [0.29, 0.717) is 17.0 Å². The maximum absolute atomic E-state index is 12.8. The molecule has 1 heterocycles. The highest BCUT2D eigenvalue weighted by molar-refractivity contribution is 6.02. The van der Waals surface area contributed by atoms with Gasteiger partial charge in [0.25, 0.3) is 0 Å². The Morgan fingerprint density at radius 1 is 0.778 bits per heavy atom. The summed E-state index contributed by atoms with van der Waals surface area (Å²) in [7, 11) is 1.39. The molecule has 0 bridgehead atoms. The van der Waals surface area contributed by atoms with Gasteiger partial charge in [0.2, 0.25) is 0 Å². The first kappa shape index (κ1) is 16.8. The van der Waals surface area contributed by atoms with Crippen molar-refractivity contribution in [3.63, 3.8) is 0 Å². The van der Waals surface area contributed by atoms with Crippen molar-refractivity contribution in [3.8, 4) is 28.2 Å². The van der Waals surface area contributed by atoms with E-state index < -0.39 is 5.97 Å². The molecule has 132 valence electrons. The Bertz CT molecular complexity index is 1060. The lowest BCUT2D eigenvalue weighted by Gasteiger charge is -2.09. The summed E-state index contributed by atoms with van der Waals surface area (Å²) >= 11 is 0. The van der Waals surface area contributed by atoms with E-state index in [1.807, 2.05) is 95.7 Å². The number of nitrogens with zero attached hydrogens (tertiary/aromatic N) is 2. The van der Waals surface area contributed by atoms with Gasteiger partial charge in [0, 0.05) is 11.1 Å². The Morgan fingerprint density at radius 2 is 1.30 bits per heavy atom. The molecule has 1 aromatic heterocycles. The number of carbonyl (C=O) groups is 1. The average Bonchev–Trinajstić information content (AvgIpc) is 3.16. The van der Waals surface area contributed by atoms with Gasteiger partial charge in [-0.2, -0.15) is 5.10 Å². The minimum Gasteiger partial charge on any atom is -0.465 e. The van der Waals surface area contributed by atoms with Crippen molar-refractivity contribution in [2.45, 2.75) is 0 Å². The van der Waals surface area contributed by atoms with Crippen molar-refractivity contribution < 1.29 is 9.53 Å². The monoisotopic (exact) mass is 354 g/mol. The molecule has 0 saturated carbocycles. The summed E-state index contributed by atoms with van der Waals surface area (Å²) in [6, 6.07) is 29.3. The molecule has 4 aromatic rings. The van der Waals surface area contributed by atoms with Crippen LogP contribution in [-0.4, -0.2) is 22.9 Å². The molecule has 0 N–H and O–H groups in total. The molecule has 4 heteroatoms. The van der Waals surface area contributed by atoms with Gasteiger partial charge in [-0.3, -0.25) is 0 Å². The van der Waals surface area contributed by atoms with Gasteiger partial charge in [-0.1, -0.05) is 78.9 Å². The summed E-state index contributed by atoms with van der Waals surface area (Å²) in [6.45, 7) is 0. The van der Waals surface area contributed by atoms with Gasteiger partial charge in [-0.25, -0.2) is 9.48 Å². The minimum absolute atomic E-state index is 0.408. The molecular weight excluding hydrogens is 336 g/mol. The number of ether oxygens (including phenoxy) is 1. The average molecular weight is 354 g/mol. The van der Waals surface area contributed by atoms with Gasteiger partial charge >= 0.3 is 5.97 Å². The van der Waals surface area contributed by atoms with Crippen LogP contribution in [0.1, 0.15) is 10.4 Å². The molecule has 27 heavy (non-hydrogen) atoms. The number of hydrogen-bond donors (Lipinski definition) is 0. The van der Waals surface area contributed by atoms with Crippen molar-refractivity contribution >= 4 is 5.97 Å². The van der Waals surface area contributed by atoms with Crippen LogP contribution in [0.15, 0.2) is 91.0 Å². The zero-order chi connectivity index (χ0) is 18.6. The van der Waals surface area contributed by atoms with Crippen molar-refractivity contribution in [3.05, 3.63) is 96.6 Å². The zero-order valence-corrected chi connectivity index (χ0v) is 14.9. The SMILES string of the molecule is COC(=O)c1c(-c2ccccc2)nn(-c2ccccc2)c1-c1ccccc1. The van der Waals surface area contributed by atoms with Crippen LogP contribution < -0.4 is 0 Å². The van der Waals surface area contributed by atoms with Crippen LogP contribution in [-0.2, 0) is 4.74 Å². The third kappa shape index (κ3) is 3.13. The number of rotatable bonds is 4. The summed E-state index contributed by atoms with van der Waals surface area (Å²) in [5.41, 5.74) is 4.42. The second-order valence-electron chi connectivity index (χ2n) is 6.04. The number of carbonyl (C=O) groups excluding carboxylic acids is 1. The molecular formula is C23H18N2O2. The van der Waals surface area contributed by atoms with Crippen molar-refractivity contribution in [2.24, 2.45) is 0 Å². The van der Waals surface area contributed by atoms with Crippen LogP contribution >= 0.6 is 0 Å². The van der Waals surface area contributed by atoms with E-state index in [0.717, 1.165) is 16.8 Å². The Balaban J connectivity index is 2.07. The van der Waals surface area contributed by atoms with E-state index in [9.17, 15) is 4.79 Å². The standard InChI is InChI=1S/C23H18N2O2/c1-27-23(26)20-21(17-11-5-2-6-12-17)24-25(19-15-9-4-10-16-19)22(20)18-13-7-3-8-14-18/h2-16H,1H3. The van der Waals surface area contributed by atoms with Crippen LogP contribution in [0.4, 0.5) is 0 Å². The van der Waals surface area contributed by atoms with Crippen molar-refractivity contribution in [1.82, 2.24) is 9.78 Å². The Morgan fingerprint density at radius 3 is 1.85 bits per heavy atom. The molecule has 0 aliphatic carbocycles. The Kier molecular flexibility index (Phi) is 4.54. The van der Waals surface area contributed by atoms with Crippen LogP contribution in [0, 0.1) is 0 Å². The molecule has 0 aliphatic heterocycles. The molecule has 4 nitrogen and oxygen atoms in total. The first-order valence-electron chi connectivity index (χ1n) is 8.67. The van der Waals surface area contributed by atoms with Gasteiger partial charge in [-0.15, -0.1) is 0 Å². The largest absolute Gasteiger partial charge is 0.465 e. The smallest absolute Gasteiger partial charge is 0.342 e. The van der Waals surface area contributed by atoms with E-state index in [-0.39, 0.29) is 0 Å². The van der Waals surface area contributed by atoms with Gasteiger partial charge in [0.1, 0.15) is 11.3 Å². The van der Waals surface area contributed by atoms with Gasteiger partial charge < -0.3 is 4.74 Å². The predicted octanol–water partition coefficient (Wildman–Crippen LogP) is 4.99. The Labute approximate surface area is 157 Å². The Hall–Kier alpha value is -3.66. The van der Waals surface area contributed by atoms with Crippen LogP contribution in [0.5, 0.6) is 0 Å². The highest BCUT2D eigenvalue weighted by Gasteiger charge is 2.27. The fraction of sp³-hybridized carbons (Fsp3) is 0.0435. The number of aromatic nitrogens is 2. The van der Waals surface area contributed by atoms with Crippen LogP contribution in [0.3, 0.4) is 0 Å². The number of benzene rings is 3. The lowest BCUT2D eigenvalue weighted by molar-refractivity contribution is 0.0602. The van der Waals surface area contributed by atoms with Crippen molar-refractivity contribution in [1.29, 1.82) is 0 Å². The molecule has 0 amide bonds. The molecule has 0 aliphatic rings. The number of para-hydroxylation sites is 1. The summed E-state index contributed by atoms with van der Waals surface area (Å²) in [4.78, 5) is 12.8. The third-order valence-corrected chi connectivity index (χ3v) is 4.37. The molecule has 0 atom stereocenters. The number of hydrogen-bond acceptors (Lipinski definition) is 3. The van der Waals surface area contributed by atoms with E-state index in [1.165, 1.54) is 7.11 Å². The lowest BCUT2D eigenvalue weighted by Crippen LogP contribution is -2.05. The summed E-state index contributed by atoms with van der Waals surface area (Å²) in [5, 5.41) is 4.81. The topological polar surface area (TPSA) is 44.1 Å². The fourth-order valence-electron chi connectivity index (χ4n) is 3.13. The molecule has 3 aromatic carbocycles. The van der Waals surface area contributed by atoms with Crippen LogP contribution in [0.2, 0.25) is 0 Å². The molecule has 4 rings (SSSR count). The maximum Gasteiger partial charge on any atom is 0.342 e. The molecule has 0 saturated heterocycles. The second-order valence-corrected chi connectivity index (χ2v) is 6.04. The van der Waals surface area contributed by atoms with E-state index in [2.05, 4.69) is 0 Å². The lowest BCUT2D eigenvalue weighted by atomic mass is 10.0. The molecule has 0 spiro atoms. The second kappa shape index (κ2) is 7.30. The third-order valence-electron chi connectivity index (χ3n) is 4.37. The normalized spacial score (nSPS) is 10.6. The first-order chi connectivity index (χ1) is 13.3. The van der Waals surface area contributed by atoms with E-state index in [4.69, 9.17) is 9.84 Å². The number of esters is 1. The quantitative estimate of drug-likeness (QED) is 0.485. The highest BCUT2D eigenvalue weighted by Crippen LogP contribution is 2.34. The maximum atomic E-state index is 12.8. The van der Waals surface area contributed by atoms with E-state index in [1.54, 1.807) is 0 Å². The summed E-state index contributed by atoms with van der Waals surface area (Å²) < 4.78 is 6.93. The van der Waals surface area contributed by atoms with Gasteiger partial charge in [0.15, 0.2) is 0 Å². The highest BCUT2D eigenvalue weighted by atomic mass is 16.5. The zero-order valence-electron chi connectivity index (χ0n) is 14.9. The molecule has 0 fully saturated rings. The first-order valence-corrected chi connectivity index (χ1v) is 8.67. The van der Waals surface area contributed by atoms with Gasteiger partial charge in [-0.05, 0) is 12.1 Å². The summed E-state index contributed by atoms with van der Waals surface area (Å²) in [6.07, 6.45) is 0. The molecule has 0 unspecified atom stereocenters. The number of methoxy groups -OCH3 is 1. The predicted molar refractivity (Wildman–Crippen MR) is 106 cm³/mol. The fourth-order valence-corrected chi connectivity index (χ4v) is 3.13. The summed E-state index contributed by atoms with van der Waals surface area (Å²) in [5.74, 6) is -0.408. The van der Waals surface area contributed by atoms with Crippen LogP contribution in [0.25, 0.3) is 28.2 Å². The molecule has 0 radical (unpaired) electrons. The van der Waals surface area contributed by atoms with E-state index >= 15 is 0 Å². The minimum atomic E-state index is -0.408. The van der Waals surface area contributed by atoms with Gasteiger partial charge in [0.05, 0.1) is 18.5 Å².